The normalized spacial score (nSPS) is 13.4. The fourth-order valence-electron chi connectivity index (χ4n) is 1.91. The minimum Gasteiger partial charge on any atom is -0.480 e. The van der Waals surface area contributed by atoms with Gasteiger partial charge in [-0.2, -0.15) is 4.72 Å². The van der Waals surface area contributed by atoms with Gasteiger partial charge in [0.1, 0.15) is 6.04 Å². The van der Waals surface area contributed by atoms with Crippen molar-refractivity contribution >= 4 is 37.4 Å². The lowest BCUT2D eigenvalue weighted by Gasteiger charge is -2.11. The molecule has 1 unspecified atom stereocenters. The monoisotopic (exact) mass is 403 g/mol. The molecule has 0 aliphatic heterocycles. The van der Waals surface area contributed by atoms with Crippen molar-refractivity contribution in [3.05, 3.63) is 53.6 Å². The highest BCUT2D eigenvalue weighted by Gasteiger charge is 2.24. The third kappa shape index (κ3) is 4.37. The van der Waals surface area contributed by atoms with Gasteiger partial charge in [0, 0.05) is 5.02 Å². The van der Waals surface area contributed by atoms with Crippen LogP contribution in [0, 0.1) is 0 Å². The molecule has 0 bridgehead atoms. The zero-order valence-corrected chi connectivity index (χ0v) is 15.3. The number of aliphatic carboxylic acids is 1. The first kappa shape index (κ1) is 19.4. The summed E-state index contributed by atoms with van der Waals surface area (Å²) in [5, 5.41) is 9.18. The maximum Gasteiger partial charge on any atom is 0.321 e. The molecule has 0 aliphatic carbocycles. The van der Waals surface area contributed by atoms with Gasteiger partial charge in [-0.3, -0.25) is 4.79 Å². The Balaban J connectivity index is 2.45. The summed E-state index contributed by atoms with van der Waals surface area (Å²) in [6.07, 6.45) is 0. The number of sulfonamides is 1. The van der Waals surface area contributed by atoms with Crippen LogP contribution in [-0.4, -0.2) is 34.0 Å². The molecule has 2 rings (SSSR count). The fraction of sp³-hybridized carbons (Fsp3) is 0.133. The quantitative estimate of drug-likeness (QED) is 0.760. The summed E-state index contributed by atoms with van der Waals surface area (Å²) in [6.45, 7) is 1.16. The Morgan fingerprint density at radius 2 is 1.56 bits per heavy atom. The van der Waals surface area contributed by atoms with Crippen molar-refractivity contribution in [1.29, 1.82) is 0 Å². The summed E-state index contributed by atoms with van der Waals surface area (Å²) < 4.78 is 51.6. The molecule has 2 aromatic rings. The standard InChI is InChI=1S/C15H14ClNO6S2/c1-10(15(18)19)17-25(22,23)14-4-2-3-13(9-14)24(20,21)12-7-5-11(16)6-8-12/h2-10,17H,1H3,(H,18,19). The van der Waals surface area contributed by atoms with Gasteiger partial charge in [0.15, 0.2) is 0 Å². The molecule has 0 heterocycles. The van der Waals surface area contributed by atoms with E-state index in [4.69, 9.17) is 16.7 Å². The lowest BCUT2D eigenvalue weighted by Crippen LogP contribution is -2.38. The molecule has 25 heavy (non-hydrogen) atoms. The number of halogens is 1. The third-order valence-electron chi connectivity index (χ3n) is 3.25. The van der Waals surface area contributed by atoms with Crippen LogP contribution >= 0.6 is 11.6 Å². The van der Waals surface area contributed by atoms with E-state index in [-0.39, 0.29) is 14.7 Å². The Bertz CT molecular complexity index is 1000. The molecule has 0 amide bonds. The highest BCUT2D eigenvalue weighted by Crippen LogP contribution is 2.24. The average Bonchev–Trinajstić information content (AvgIpc) is 2.55. The Hall–Kier alpha value is -1.94. The van der Waals surface area contributed by atoms with E-state index in [1.807, 2.05) is 4.72 Å². The number of nitrogens with one attached hydrogen (secondary N) is 1. The number of hydrogen-bond acceptors (Lipinski definition) is 5. The minimum absolute atomic E-state index is 0.0432. The molecule has 0 saturated carbocycles. The van der Waals surface area contributed by atoms with Crippen LogP contribution in [0.1, 0.15) is 6.92 Å². The van der Waals surface area contributed by atoms with E-state index < -0.39 is 31.9 Å². The van der Waals surface area contributed by atoms with Crippen LogP contribution in [0.2, 0.25) is 5.02 Å². The summed E-state index contributed by atoms with van der Waals surface area (Å²) in [5.74, 6) is -1.35. The molecular weight excluding hydrogens is 390 g/mol. The largest absolute Gasteiger partial charge is 0.480 e. The average molecular weight is 404 g/mol. The maximum atomic E-state index is 12.6. The predicted octanol–water partition coefficient (Wildman–Crippen LogP) is 1.92. The molecule has 2 aromatic carbocycles. The van der Waals surface area contributed by atoms with Crippen molar-refractivity contribution in [3.8, 4) is 0 Å². The number of carbonyl (C=O) groups is 1. The lowest BCUT2D eigenvalue weighted by molar-refractivity contribution is -0.138. The molecule has 0 aromatic heterocycles. The third-order valence-corrected chi connectivity index (χ3v) is 6.81. The zero-order valence-electron chi connectivity index (χ0n) is 12.9. The van der Waals surface area contributed by atoms with E-state index in [0.717, 1.165) is 13.0 Å². The van der Waals surface area contributed by atoms with E-state index in [9.17, 15) is 21.6 Å². The van der Waals surface area contributed by atoms with Crippen LogP contribution in [0.4, 0.5) is 0 Å². The number of sulfone groups is 1. The second-order valence-electron chi connectivity index (χ2n) is 5.11. The van der Waals surface area contributed by atoms with Crippen LogP contribution in [0.5, 0.6) is 0 Å². The van der Waals surface area contributed by atoms with Crippen molar-refractivity contribution in [1.82, 2.24) is 4.72 Å². The molecule has 0 spiro atoms. The topological polar surface area (TPSA) is 118 Å². The van der Waals surface area contributed by atoms with Crippen molar-refractivity contribution in [2.24, 2.45) is 0 Å². The van der Waals surface area contributed by atoms with Crippen LogP contribution in [-0.2, 0) is 24.7 Å². The van der Waals surface area contributed by atoms with Gasteiger partial charge < -0.3 is 5.11 Å². The van der Waals surface area contributed by atoms with E-state index in [1.165, 1.54) is 42.5 Å². The summed E-state index contributed by atoms with van der Waals surface area (Å²) >= 11 is 5.74. The molecule has 1 atom stereocenters. The van der Waals surface area contributed by atoms with E-state index in [2.05, 4.69) is 0 Å². The minimum atomic E-state index is -4.19. The second kappa shape index (κ2) is 7.12. The number of benzene rings is 2. The van der Waals surface area contributed by atoms with Crippen molar-refractivity contribution in [2.45, 2.75) is 27.7 Å². The smallest absolute Gasteiger partial charge is 0.321 e. The molecule has 134 valence electrons. The molecule has 0 aliphatic rings. The second-order valence-corrected chi connectivity index (χ2v) is 9.21. The molecule has 0 fully saturated rings. The number of hydrogen-bond donors (Lipinski definition) is 2. The van der Waals surface area contributed by atoms with Crippen molar-refractivity contribution in [2.75, 3.05) is 0 Å². The Morgan fingerprint density at radius 1 is 1.00 bits per heavy atom. The first-order valence-corrected chi connectivity index (χ1v) is 10.2. The Labute approximate surface area is 150 Å². The highest BCUT2D eigenvalue weighted by molar-refractivity contribution is 7.91. The number of carboxylic acid groups (broad SMARTS) is 1. The van der Waals surface area contributed by atoms with Crippen LogP contribution in [0.15, 0.2) is 63.2 Å². The summed E-state index contributed by atoms with van der Waals surface area (Å²) in [7, 11) is -8.14. The fourth-order valence-corrected chi connectivity index (χ4v) is 4.66. The van der Waals surface area contributed by atoms with Gasteiger partial charge in [-0.25, -0.2) is 16.8 Å². The molecule has 7 nitrogen and oxygen atoms in total. The van der Waals surface area contributed by atoms with E-state index >= 15 is 0 Å². The number of carboxylic acids is 1. The lowest BCUT2D eigenvalue weighted by atomic mass is 10.4. The van der Waals surface area contributed by atoms with Crippen molar-refractivity contribution < 1.29 is 26.7 Å². The number of rotatable bonds is 6. The van der Waals surface area contributed by atoms with E-state index in [0.29, 0.717) is 5.02 Å². The molecular formula is C15H14ClNO6S2. The van der Waals surface area contributed by atoms with Crippen molar-refractivity contribution in [3.63, 3.8) is 0 Å². The molecule has 0 saturated heterocycles. The maximum absolute atomic E-state index is 12.6. The van der Waals surface area contributed by atoms with Gasteiger partial charge in [-0.1, -0.05) is 17.7 Å². The molecule has 0 radical (unpaired) electrons. The summed E-state index contributed by atoms with van der Waals surface area (Å²) in [5.41, 5.74) is 0. The van der Waals surface area contributed by atoms with Gasteiger partial charge in [-0.05, 0) is 49.4 Å². The zero-order chi connectivity index (χ0) is 18.8. The van der Waals surface area contributed by atoms with Gasteiger partial charge in [0.2, 0.25) is 19.9 Å². The molecule has 10 heteroatoms. The SMILES string of the molecule is CC(NS(=O)(=O)c1cccc(S(=O)(=O)c2ccc(Cl)cc2)c1)C(=O)O. The first-order valence-electron chi connectivity index (χ1n) is 6.90. The first-order chi connectivity index (χ1) is 11.5. The van der Waals surface area contributed by atoms with Gasteiger partial charge in [-0.15, -0.1) is 0 Å². The summed E-state index contributed by atoms with van der Waals surface area (Å²) in [4.78, 5) is 10.2. The highest BCUT2D eigenvalue weighted by atomic mass is 35.5. The Morgan fingerprint density at radius 3 is 2.12 bits per heavy atom. The van der Waals surface area contributed by atoms with Gasteiger partial charge in [0.25, 0.3) is 0 Å². The summed E-state index contributed by atoms with van der Waals surface area (Å²) in [6, 6.07) is 8.75. The van der Waals surface area contributed by atoms with E-state index in [1.54, 1.807) is 0 Å². The van der Waals surface area contributed by atoms with Gasteiger partial charge in [0.05, 0.1) is 14.7 Å². The molecule has 2 N–H and O–H groups in total. The van der Waals surface area contributed by atoms with Crippen LogP contribution in [0.25, 0.3) is 0 Å². The van der Waals surface area contributed by atoms with Crippen LogP contribution in [0.3, 0.4) is 0 Å². The van der Waals surface area contributed by atoms with Gasteiger partial charge >= 0.3 is 5.97 Å². The Kier molecular flexibility index (Phi) is 5.52. The predicted molar refractivity (Wildman–Crippen MR) is 90.8 cm³/mol. The van der Waals surface area contributed by atoms with Crippen LogP contribution < -0.4 is 4.72 Å².